The molecule has 7 nitrogen and oxygen atoms in total. The molecule has 0 radical (unpaired) electrons. The summed E-state index contributed by atoms with van der Waals surface area (Å²) in [5.41, 5.74) is 0.917. The zero-order valence-corrected chi connectivity index (χ0v) is 14.6. The lowest BCUT2D eigenvalue weighted by Gasteiger charge is -2.15. The fourth-order valence-electron chi connectivity index (χ4n) is 2.08. The van der Waals surface area contributed by atoms with E-state index in [2.05, 4.69) is 5.32 Å². The molecule has 0 fully saturated rings. The van der Waals surface area contributed by atoms with Gasteiger partial charge in [0, 0.05) is 25.3 Å². The molecule has 134 valence electrons. The molecule has 2 aromatic carbocycles. The van der Waals surface area contributed by atoms with Crippen molar-refractivity contribution in [2.45, 2.75) is 0 Å². The van der Waals surface area contributed by atoms with Crippen LogP contribution in [-0.4, -0.2) is 35.2 Å². The summed E-state index contributed by atoms with van der Waals surface area (Å²) >= 11 is 5.97. The standard InChI is InChI=1S/C18H16ClN3O4/c1-21(12-17(23)20-16-8-3-2-7-15(16)19)18(24)10-9-13-5-4-6-14(11-13)22(25)26/h2-11H,12H2,1H3,(H,20,23)/b10-9+. The predicted octanol–water partition coefficient (Wildman–Crippen LogP) is 3.36. The van der Waals surface area contributed by atoms with Gasteiger partial charge >= 0.3 is 0 Å². The van der Waals surface area contributed by atoms with Gasteiger partial charge in [0.25, 0.3) is 5.69 Å². The van der Waals surface area contributed by atoms with E-state index in [9.17, 15) is 19.7 Å². The van der Waals surface area contributed by atoms with Crippen molar-refractivity contribution in [3.63, 3.8) is 0 Å². The summed E-state index contributed by atoms with van der Waals surface area (Å²) in [5.74, 6) is -0.802. The van der Waals surface area contributed by atoms with Crippen LogP contribution in [0.5, 0.6) is 0 Å². The summed E-state index contributed by atoms with van der Waals surface area (Å²) in [7, 11) is 1.48. The lowest BCUT2D eigenvalue weighted by molar-refractivity contribution is -0.384. The van der Waals surface area contributed by atoms with Crippen LogP contribution in [0.1, 0.15) is 5.56 Å². The quantitative estimate of drug-likeness (QED) is 0.477. The molecule has 2 amide bonds. The maximum absolute atomic E-state index is 12.1. The summed E-state index contributed by atoms with van der Waals surface area (Å²) in [4.78, 5) is 35.6. The lowest BCUT2D eigenvalue weighted by Crippen LogP contribution is -2.33. The normalized spacial score (nSPS) is 10.5. The molecule has 0 atom stereocenters. The number of amides is 2. The van der Waals surface area contributed by atoms with Gasteiger partial charge in [-0.1, -0.05) is 35.9 Å². The third kappa shape index (κ3) is 5.42. The summed E-state index contributed by atoms with van der Waals surface area (Å²) in [6, 6.07) is 12.7. The van der Waals surface area contributed by atoms with Crippen molar-refractivity contribution in [1.82, 2.24) is 4.90 Å². The van der Waals surface area contributed by atoms with E-state index in [-0.39, 0.29) is 12.2 Å². The van der Waals surface area contributed by atoms with Crippen molar-refractivity contribution >= 4 is 40.9 Å². The minimum atomic E-state index is -0.510. The van der Waals surface area contributed by atoms with Crippen LogP contribution < -0.4 is 5.32 Å². The molecule has 26 heavy (non-hydrogen) atoms. The van der Waals surface area contributed by atoms with Gasteiger partial charge < -0.3 is 10.2 Å². The largest absolute Gasteiger partial charge is 0.333 e. The van der Waals surface area contributed by atoms with Gasteiger partial charge in [-0.15, -0.1) is 0 Å². The van der Waals surface area contributed by atoms with Gasteiger partial charge in [-0.05, 0) is 23.8 Å². The number of nitrogens with one attached hydrogen (secondary N) is 1. The molecule has 0 bridgehead atoms. The fraction of sp³-hybridized carbons (Fsp3) is 0.111. The van der Waals surface area contributed by atoms with E-state index in [1.54, 1.807) is 30.3 Å². The van der Waals surface area contributed by atoms with E-state index in [0.717, 1.165) is 0 Å². The van der Waals surface area contributed by atoms with Gasteiger partial charge in [-0.2, -0.15) is 0 Å². The molecule has 2 rings (SSSR count). The number of hydrogen-bond acceptors (Lipinski definition) is 4. The first kappa shape index (κ1) is 19.1. The molecule has 2 aromatic rings. The van der Waals surface area contributed by atoms with Crippen molar-refractivity contribution in [3.8, 4) is 0 Å². The number of likely N-dealkylation sites (N-methyl/N-ethyl adjacent to an activating group) is 1. The van der Waals surface area contributed by atoms with Crippen molar-refractivity contribution in [3.05, 3.63) is 75.3 Å². The highest BCUT2D eigenvalue weighted by Gasteiger charge is 2.12. The van der Waals surface area contributed by atoms with Gasteiger partial charge in [0.2, 0.25) is 11.8 Å². The van der Waals surface area contributed by atoms with Crippen molar-refractivity contribution in [2.24, 2.45) is 0 Å². The summed E-state index contributed by atoms with van der Waals surface area (Å²) in [5, 5.41) is 13.8. The second kappa shape index (κ2) is 8.77. The molecule has 0 aliphatic carbocycles. The highest BCUT2D eigenvalue weighted by atomic mass is 35.5. The zero-order chi connectivity index (χ0) is 19.1. The molecule has 0 heterocycles. The number of rotatable bonds is 6. The van der Waals surface area contributed by atoms with E-state index in [1.807, 2.05) is 0 Å². The van der Waals surface area contributed by atoms with Crippen LogP contribution in [-0.2, 0) is 9.59 Å². The Bertz CT molecular complexity index is 867. The van der Waals surface area contributed by atoms with Crippen molar-refractivity contribution in [1.29, 1.82) is 0 Å². The van der Waals surface area contributed by atoms with Gasteiger partial charge in [-0.3, -0.25) is 19.7 Å². The van der Waals surface area contributed by atoms with Crippen LogP contribution >= 0.6 is 11.6 Å². The molecule has 8 heteroatoms. The molecule has 1 N–H and O–H groups in total. The maximum Gasteiger partial charge on any atom is 0.270 e. The van der Waals surface area contributed by atoms with Crippen LogP contribution in [0.25, 0.3) is 6.08 Å². The van der Waals surface area contributed by atoms with Gasteiger partial charge in [0.15, 0.2) is 0 Å². The Kier molecular flexibility index (Phi) is 6.46. The van der Waals surface area contributed by atoms with Gasteiger partial charge in [-0.25, -0.2) is 0 Å². The van der Waals surface area contributed by atoms with E-state index in [1.165, 1.54) is 42.3 Å². The summed E-state index contributed by atoms with van der Waals surface area (Å²) < 4.78 is 0. The topological polar surface area (TPSA) is 92.6 Å². The maximum atomic E-state index is 12.1. The summed E-state index contributed by atoms with van der Waals surface area (Å²) in [6.45, 7) is -0.163. The first-order valence-electron chi connectivity index (χ1n) is 7.59. The molecule has 0 saturated heterocycles. The van der Waals surface area contributed by atoms with E-state index in [0.29, 0.717) is 16.3 Å². The van der Waals surface area contributed by atoms with Gasteiger partial charge in [0.1, 0.15) is 0 Å². The van der Waals surface area contributed by atoms with E-state index in [4.69, 9.17) is 11.6 Å². The molecule has 0 aliphatic heterocycles. The van der Waals surface area contributed by atoms with Crippen LogP contribution in [0.2, 0.25) is 5.02 Å². The molecule has 0 saturated carbocycles. The Hall–Kier alpha value is -3.19. The molecule has 0 spiro atoms. The molecule has 0 unspecified atom stereocenters. The highest BCUT2D eigenvalue weighted by Crippen LogP contribution is 2.20. The smallest absolute Gasteiger partial charge is 0.270 e. The number of halogens is 1. The van der Waals surface area contributed by atoms with Crippen LogP contribution in [0.3, 0.4) is 0 Å². The number of benzene rings is 2. The number of carbonyl (C=O) groups excluding carboxylic acids is 2. The Morgan fingerprint density at radius 1 is 1.23 bits per heavy atom. The van der Waals surface area contributed by atoms with Crippen LogP contribution in [0.4, 0.5) is 11.4 Å². The van der Waals surface area contributed by atoms with E-state index >= 15 is 0 Å². The second-order valence-corrected chi connectivity index (χ2v) is 5.81. The lowest BCUT2D eigenvalue weighted by atomic mass is 10.2. The minimum absolute atomic E-state index is 0.0629. The SMILES string of the molecule is CN(CC(=O)Nc1ccccc1Cl)C(=O)/C=C/c1cccc([N+](=O)[O-])c1. The molecular weight excluding hydrogens is 358 g/mol. The number of nitrogens with zero attached hydrogens (tertiary/aromatic N) is 2. The molecule has 0 aliphatic rings. The minimum Gasteiger partial charge on any atom is -0.333 e. The number of hydrogen-bond donors (Lipinski definition) is 1. The average molecular weight is 374 g/mol. The summed E-state index contributed by atoms with van der Waals surface area (Å²) in [6.07, 6.45) is 2.71. The third-order valence-electron chi connectivity index (χ3n) is 3.40. The zero-order valence-electron chi connectivity index (χ0n) is 13.9. The number of anilines is 1. The van der Waals surface area contributed by atoms with E-state index < -0.39 is 16.7 Å². The number of para-hydroxylation sites is 1. The predicted molar refractivity (Wildman–Crippen MR) is 99.8 cm³/mol. The second-order valence-electron chi connectivity index (χ2n) is 5.41. The number of carbonyl (C=O) groups is 2. The average Bonchev–Trinajstić information content (AvgIpc) is 2.61. The monoisotopic (exact) mass is 373 g/mol. The molecular formula is C18H16ClN3O4. The fourth-order valence-corrected chi connectivity index (χ4v) is 2.27. The van der Waals surface area contributed by atoms with Gasteiger partial charge in [0.05, 0.1) is 22.2 Å². The Morgan fingerprint density at radius 3 is 2.65 bits per heavy atom. The number of nitro groups is 1. The number of nitro benzene ring substituents is 1. The molecule has 0 aromatic heterocycles. The highest BCUT2D eigenvalue weighted by molar-refractivity contribution is 6.33. The van der Waals surface area contributed by atoms with Crippen LogP contribution in [0.15, 0.2) is 54.6 Å². The van der Waals surface area contributed by atoms with Crippen molar-refractivity contribution in [2.75, 3.05) is 18.9 Å². The first-order valence-corrected chi connectivity index (χ1v) is 7.96. The Balaban J connectivity index is 1.94. The number of non-ortho nitro benzene ring substituents is 1. The Labute approximate surface area is 155 Å². The Morgan fingerprint density at radius 2 is 1.96 bits per heavy atom. The van der Waals surface area contributed by atoms with Crippen molar-refractivity contribution < 1.29 is 14.5 Å². The van der Waals surface area contributed by atoms with Crippen LogP contribution in [0, 0.1) is 10.1 Å². The third-order valence-corrected chi connectivity index (χ3v) is 3.73. The first-order chi connectivity index (χ1) is 12.4.